The number of allylic oxidation sites excluding steroid dienone is 1. The number of hydrogen-bond donors (Lipinski definition) is 0. The van der Waals surface area contributed by atoms with Crippen molar-refractivity contribution in [3.05, 3.63) is 53.1 Å². The standard InChI is InChI=1S/C14H20O3.C14H18O3/c2*1-10(2)12(9-15)7-11-5-6-13(16-3)14(8-11)17-4/h5-6,8-10,12H,7H2,1-4H3;5-10H,1-4H3/b;12-7-. The number of aldehydes is 2. The molecule has 0 bridgehead atoms. The molecule has 1 unspecified atom stereocenters. The molecule has 0 spiro atoms. The first-order valence-electron chi connectivity index (χ1n) is 11.3. The molecule has 6 heteroatoms. The first-order valence-corrected chi connectivity index (χ1v) is 11.3. The van der Waals surface area contributed by atoms with Crippen LogP contribution in [0.3, 0.4) is 0 Å². The van der Waals surface area contributed by atoms with Crippen molar-refractivity contribution in [2.75, 3.05) is 28.4 Å². The monoisotopic (exact) mass is 470 g/mol. The molecule has 1 atom stereocenters. The quantitative estimate of drug-likeness (QED) is 0.312. The van der Waals surface area contributed by atoms with Crippen LogP contribution in [0.25, 0.3) is 6.08 Å². The van der Waals surface area contributed by atoms with Crippen LogP contribution in [0, 0.1) is 17.8 Å². The molecule has 0 aliphatic rings. The maximum Gasteiger partial charge on any atom is 0.161 e. The van der Waals surface area contributed by atoms with Crippen LogP contribution in [-0.4, -0.2) is 41.0 Å². The van der Waals surface area contributed by atoms with Crippen molar-refractivity contribution in [3.8, 4) is 23.0 Å². The van der Waals surface area contributed by atoms with Crippen molar-refractivity contribution in [2.45, 2.75) is 34.1 Å². The zero-order valence-electron chi connectivity index (χ0n) is 21.6. The average Bonchev–Trinajstić information content (AvgIpc) is 2.85. The Morgan fingerprint density at radius 1 is 0.765 bits per heavy atom. The summed E-state index contributed by atoms with van der Waals surface area (Å²) in [5.74, 6) is 3.37. The first kappa shape index (κ1) is 28.8. The molecular formula is C28H38O6. The van der Waals surface area contributed by atoms with Crippen LogP contribution in [0.4, 0.5) is 0 Å². The highest BCUT2D eigenvalue weighted by Gasteiger charge is 2.14. The summed E-state index contributed by atoms with van der Waals surface area (Å²) in [6, 6.07) is 11.3. The van der Waals surface area contributed by atoms with Gasteiger partial charge in [0.15, 0.2) is 23.0 Å². The Labute approximate surface area is 203 Å². The zero-order valence-corrected chi connectivity index (χ0v) is 21.6. The Kier molecular flexibility index (Phi) is 12.5. The highest BCUT2D eigenvalue weighted by Crippen LogP contribution is 2.30. The molecule has 0 saturated carbocycles. The highest BCUT2D eigenvalue weighted by atomic mass is 16.5. The van der Waals surface area contributed by atoms with Gasteiger partial charge >= 0.3 is 0 Å². The zero-order chi connectivity index (χ0) is 25.7. The summed E-state index contributed by atoms with van der Waals surface area (Å²) in [6.45, 7) is 8.08. The molecule has 6 nitrogen and oxygen atoms in total. The third kappa shape index (κ3) is 8.58. The number of ether oxygens (including phenoxy) is 4. The highest BCUT2D eigenvalue weighted by molar-refractivity contribution is 5.82. The van der Waals surface area contributed by atoms with Crippen molar-refractivity contribution in [2.24, 2.45) is 17.8 Å². The molecule has 186 valence electrons. The summed E-state index contributed by atoms with van der Waals surface area (Å²) in [7, 11) is 6.41. The Balaban J connectivity index is 0.000000340. The van der Waals surface area contributed by atoms with E-state index in [2.05, 4.69) is 13.8 Å². The molecule has 34 heavy (non-hydrogen) atoms. The molecule has 2 rings (SSSR count). The molecule has 0 radical (unpaired) electrons. The van der Waals surface area contributed by atoms with Crippen molar-refractivity contribution in [1.29, 1.82) is 0 Å². The molecule has 0 aromatic heterocycles. The normalized spacial score (nSPS) is 11.9. The van der Waals surface area contributed by atoms with E-state index < -0.39 is 0 Å². The van der Waals surface area contributed by atoms with E-state index in [9.17, 15) is 9.59 Å². The molecule has 0 aliphatic carbocycles. The Morgan fingerprint density at radius 2 is 1.29 bits per heavy atom. The summed E-state index contributed by atoms with van der Waals surface area (Å²) in [5, 5.41) is 0. The van der Waals surface area contributed by atoms with Crippen LogP contribution in [0.15, 0.2) is 42.0 Å². The third-order valence-corrected chi connectivity index (χ3v) is 5.49. The maximum absolute atomic E-state index is 11.0. The van der Waals surface area contributed by atoms with Gasteiger partial charge in [-0.2, -0.15) is 0 Å². The van der Waals surface area contributed by atoms with Gasteiger partial charge in [-0.1, -0.05) is 39.8 Å². The molecule has 0 amide bonds. The van der Waals surface area contributed by atoms with Gasteiger partial charge in [0.1, 0.15) is 12.6 Å². The predicted molar refractivity (Wildman–Crippen MR) is 136 cm³/mol. The summed E-state index contributed by atoms with van der Waals surface area (Å²) in [6.07, 6.45) is 4.52. The predicted octanol–water partition coefficient (Wildman–Crippen LogP) is 5.66. The SMILES string of the molecule is COc1ccc(/C=C(/C=O)C(C)C)cc1OC.COc1ccc(CC(C=O)C(C)C)cc1OC. The number of carbonyl (C=O) groups is 2. The van der Waals surface area contributed by atoms with E-state index in [0.717, 1.165) is 35.7 Å². The van der Waals surface area contributed by atoms with E-state index in [1.54, 1.807) is 28.4 Å². The molecule has 0 N–H and O–H groups in total. The van der Waals surface area contributed by atoms with Gasteiger partial charge in [0.2, 0.25) is 0 Å². The lowest BCUT2D eigenvalue weighted by Gasteiger charge is -2.15. The Hall–Kier alpha value is -3.28. The lowest BCUT2D eigenvalue weighted by atomic mass is 9.90. The minimum absolute atomic E-state index is 0.0492. The molecule has 2 aromatic carbocycles. The van der Waals surface area contributed by atoms with E-state index in [4.69, 9.17) is 18.9 Å². The molecule has 2 aromatic rings. The van der Waals surface area contributed by atoms with Crippen molar-refractivity contribution in [1.82, 2.24) is 0 Å². The number of rotatable bonds is 11. The number of benzene rings is 2. The smallest absolute Gasteiger partial charge is 0.161 e. The Bertz CT molecular complexity index is 946. The largest absolute Gasteiger partial charge is 0.493 e. The first-order chi connectivity index (χ1) is 16.2. The molecule has 0 aliphatic heterocycles. The lowest BCUT2D eigenvalue weighted by Crippen LogP contribution is -2.13. The Morgan fingerprint density at radius 3 is 1.74 bits per heavy atom. The van der Waals surface area contributed by atoms with Gasteiger partial charge in [-0.3, -0.25) is 4.79 Å². The number of carbonyl (C=O) groups excluding carboxylic acids is 2. The number of hydrogen-bond acceptors (Lipinski definition) is 6. The molecule has 0 fully saturated rings. The van der Waals surface area contributed by atoms with Crippen molar-refractivity contribution >= 4 is 18.6 Å². The van der Waals surface area contributed by atoms with E-state index in [1.807, 2.05) is 56.3 Å². The van der Waals surface area contributed by atoms with Gasteiger partial charge in [-0.05, 0) is 65.3 Å². The summed E-state index contributed by atoms with van der Waals surface area (Å²) in [4.78, 5) is 21.9. The second-order valence-corrected chi connectivity index (χ2v) is 8.47. The second kappa shape index (κ2) is 14.8. The van der Waals surface area contributed by atoms with Crippen LogP contribution in [0.2, 0.25) is 0 Å². The average molecular weight is 471 g/mol. The fourth-order valence-corrected chi connectivity index (χ4v) is 3.19. The van der Waals surface area contributed by atoms with E-state index >= 15 is 0 Å². The van der Waals surface area contributed by atoms with Gasteiger partial charge in [0.05, 0.1) is 28.4 Å². The summed E-state index contributed by atoms with van der Waals surface area (Å²) in [5.41, 5.74) is 2.78. The fraction of sp³-hybridized carbons (Fsp3) is 0.429. The van der Waals surface area contributed by atoms with Crippen molar-refractivity contribution in [3.63, 3.8) is 0 Å². The topological polar surface area (TPSA) is 71.1 Å². The van der Waals surface area contributed by atoms with Gasteiger partial charge in [0.25, 0.3) is 0 Å². The number of methoxy groups -OCH3 is 4. The molecular weight excluding hydrogens is 432 g/mol. The van der Waals surface area contributed by atoms with E-state index in [-0.39, 0.29) is 11.8 Å². The van der Waals surface area contributed by atoms with Crippen LogP contribution in [0.1, 0.15) is 38.8 Å². The third-order valence-electron chi connectivity index (χ3n) is 5.49. The van der Waals surface area contributed by atoms with Crippen LogP contribution < -0.4 is 18.9 Å². The minimum atomic E-state index is 0.0492. The van der Waals surface area contributed by atoms with Gasteiger partial charge < -0.3 is 23.7 Å². The van der Waals surface area contributed by atoms with Crippen LogP contribution >= 0.6 is 0 Å². The van der Waals surface area contributed by atoms with Gasteiger partial charge in [0, 0.05) is 5.92 Å². The lowest BCUT2D eigenvalue weighted by molar-refractivity contribution is -0.112. The minimum Gasteiger partial charge on any atom is -0.493 e. The fourth-order valence-electron chi connectivity index (χ4n) is 3.19. The second-order valence-electron chi connectivity index (χ2n) is 8.47. The van der Waals surface area contributed by atoms with Crippen molar-refractivity contribution < 1.29 is 28.5 Å². The maximum atomic E-state index is 11.0. The molecule has 0 heterocycles. The van der Waals surface area contributed by atoms with Crippen LogP contribution in [0.5, 0.6) is 23.0 Å². The summed E-state index contributed by atoms with van der Waals surface area (Å²) < 4.78 is 20.8. The summed E-state index contributed by atoms with van der Waals surface area (Å²) >= 11 is 0. The van der Waals surface area contributed by atoms with E-state index in [0.29, 0.717) is 28.9 Å². The molecule has 0 saturated heterocycles. The van der Waals surface area contributed by atoms with E-state index in [1.165, 1.54) is 0 Å². The van der Waals surface area contributed by atoms with Crippen LogP contribution in [-0.2, 0) is 16.0 Å². The van der Waals surface area contributed by atoms with Gasteiger partial charge in [-0.15, -0.1) is 0 Å². The van der Waals surface area contributed by atoms with Gasteiger partial charge in [-0.25, -0.2) is 0 Å².